The summed E-state index contributed by atoms with van der Waals surface area (Å²) in [7, 11) is 0. The molecule has 2 fully saturated rings. The van der Waals surface area contributed by atoms with Gasteiger partial charge < -0.3 is 19.8 Å². The maximum Gasteiger partial charge on any atom is 0.490 e. The van der Waals surface area contributed by atoms with Crippen LogP contribution >= 0.6 is 11.3 Å². The van der Waals surface area contributed by atoms with Gasteiger partial charge in [0, 0.05) is 25.8 Å². The molecule has 2 N–H and O–H groups in total. The number of piperidine rings is 1. The molecule has 0 aliphatic carbocycles. The summed E-state index contributed by atoms with van der Waals surface area (Å²) in [5.74, 6) is -5.49. The number of aliphatic carboxylic acids is 2. The first-order chi connectivity index (χ1) is 18.1. The number of nitrogens with zero attached hydrogens (tertiary/aromatic N) is 3. The maximum atomic E-state index is 12.5. The summed E-state index contributed by atoms with van der Waals surface area (Å²) in [4.78, 5) is 38.8. The highest BCUT2D eigenvalue weighted by atomic mass is 32.1. The Balaban J connectivity index is 0.000000317. The van der Waals surface area contributed by atoms with Crippen molar-refractivity contribution in [3.8, 4) is 0 Å². The number of carbonyl (C=O) groups excluding carboxylic acids is 1. The smallest absolute Gasteiger partial charge is 0.475 e. The van der Waals surface area contributed by atoms with Crippen LogP contribution in [0.25, 0.3) is 0 Å². The first-order valence-electron chi connectivity index (χ1n) is 11.3. The van der Waals surface area contributed by atoms with Crippen LogP contribution < -0.4 is 4.90 Å². The Bertz CT molecular complexity index is 1070. The number of rotatable bonds is 3. The summed E-state index contributed by atoms with van der Waals surface area (Å²) in [5.41, 5.74) is 1.99. The summed E-state index contributed by atoms with van der Waals surface area (Å²) in [5, 5.41) is 18.6. The van der Waals surface area contributed by atoms with Crippen LogP contribution in [-0.2, 0) is 25.7 Å². The average Bonchev–Trinajstić information content (AvgIpc) is 3.37. The van der Waals surface area contributed by atoms with Gasteiger partial charge >= 0.3 is 24.3 Å². The second-order valence-electron chi connectivity index (χ2n) is 8.52. The third kappa shape index (κ3) is 9.18. The minimum Gasteiger partial charge on any atom is -0.475 e. The monoisotopic (exact) mass is 585 g/mol. The minimum atomic E-state index is -5.08. The largest absolute Gasteiger partial charge is 0.490 e. The van der Waals surface area contributed by atoms with E-state index in [2.05, 4.69) is 33.6 Å². The number of amides is 1. The first kappa shape index (κ1) is 32.0. The Kier molecular flexibility index (Phi) is 10.8. The van der Waals surface area contributed by atoms with E-state index in [0.717, 1.165) is 38.2 Å². The molecule has 9 nitrogen and oxygen atoms in total. The van der Waals surface area contributed by atoms with Gasteiger partial charge in [0.2, 0.25) is 0 Å². The number of hydrogen-bond acceptors (Lipinski definition) is 7. The van der Waals surface area contributed by atoms with Crippen LogP contribution in [0.1, 0.15) is 25.3 Å². The third-order valence-corrected chi connectivity index (χ3v) is 6.73. The molecule has 2 saturated heterocycles. The van der Waals surface area contributed by atoms with E-state index in [-0.39, 0.29) is 24.2 Å². The Labute approximate surface area is 222 Å². The van der Waals surface area contributed by atoms with E-state index in [1.54, 1.807) is 23.7 Å². The molecule has 1 atom stereocenters. The Morgan fingerprint density at radius 2 is 1.67 bits per heavy atom. The van der Waals surface area contributed by atoms with E-state index in [4.69, 9.17) is 24.5 Å². The van der Waals surface area contributed by atoms with Gasteiger partial charge in [-0.05, 0) is 54.3 Å². The van der Waals surface area contributed by atoms with Crippen LogP contribution in [0.15, 0.2) is 41.4 Å². The zero-order valence-electron chi connectivity index (χ0n) is 20.4. The second kappa shape index (κ2) is 13.2. The number of thiophene rings is 1. The highest BCUT2D eigenvalue weighted by molar-refractivity contribution is 7.07. The lowest BCUT2D eigenvalue weighted by Crippen LogP contribution is -2.64. The van der Waals surface area contributed by atoms with Crippen molar-refractivity contribution in [1.29, 1.82) is 0 Å². The van der Waals surface area contributed by atoms with E-state index in [0.29, 0.717) is 0 Å². The van der Waals surface area contributed by atoms with Crippen molar-refractivity contribution in [2.24, 2.45) is 0 Å². The van der Waals surface area contributed by atoms with Crippen LogP contribution in [0.4, 0.5) is 32.0 Å². The van der Waals surface area contributed by atoms with Crippen LogP contribution in [-0.4, -0.2) is 81.6 Å². The lowest BCUT2D eigenvalue weighted by molar-refractivity contribution is -0.193. The molecule has 0 saturated carbocycles. The number of likely N-dealkylation sites (tertiary alicyclic amines) is 1. The van der Waals surface area contributed by atoms with E-state index in [1.807, 2.05) is 17.0 Å². The highest BCUT2D eigenvalue weighted by Gasteiger charge is 2.48. The van der Waals surface area contributed by atoms with Crippen molar-refractivity contribution < 1.29 is 55.7 Å². The van der Waals surface area contributed by atoms with Gasteiger partial charge in [-0.2, -0.15) is 37.7 Å². The molecule has 1 amide bonds. The van der Waals surface area contributed by atoms with E-state index < -0.39 is 24.3 Å². The Morgan fingerprint density at radius 3 is 2.10 bits per heavy atom. The molecule has 4 heterocycles. The topological polar surface area (TPSA) is 120 Å². The van der Waals surface area contributed by atoms with Crippen molar-refractivity contribution in [2.75, 3.05) is 24.6 Å². The van der Waals surface area contributed by atoms with Crippen molar-refractivity contribution in [2.45, 2.75) is 50.3 Å². The van der Waals surface area contributed by atoms with Gasteiger partial charge in [0.15, 0.2) is 0 Å². The molecule has 1 unspecified atom stereocenters. The molecule has 2 aliphatic rings. The number of pyridine rings is 1. The van der Waals surface area contributed by atoms with Crippen molar-refractivity contribution in [1.82, 2.24) is 9.88 Å². The number of carboxylic acid groups (broad SMARTS) is 2. The van der Waals surface area contributed by atoms with E-state index >= 15 is 0 Å². The molecule has 2 aliphatic heterocycles. The van der Waals surface area contributed by atoms with Gasteiger partial charge in [0.05, 0.1) is 23.5 Å². The quantitative estimate of drug-likeness (QED) is 0.515. The van der Waals surface area contributed by atoms with Gasteiger partial charge in [-0.15, -0.1) is 0 Å². The minimum absolute atomic E-state index is 0.0150. The zero-order chi connectivity index (χ0) is 29.4. The number of carbonyl (C=O) groups is 3. The van der Waals surface area contributed by atoms with Crippen molar-refractivity contribution in [3.63, 3.8) is 0 Å². The van der Waals surface area contributed by atoms with Gasteiger partial charge in [0.1, 0.15) is 6.61 Å². The number of hydrogen-bond donors (Lipinski definition) is 2. The normalized spacial score (nSPS) is 19.4. The molecule has 39 heavy (non-hydrogen) atoms. The summed E-state index contributed by atoms with van der Waals surface area (Å²) in [6, 6.07) is 6.03. The fraction of sp³-hybridized carbons (Fsp3) is 0.478. The lowest BCUT2D eigenvalue weighted by Gasteiger charge is -2.51. The van der Waals surface area contributed by atoms with Crippen LogP contribution in [0.2, 0.25) is 0 Å². The Hall–Kier alpha value is -3.24. The highest BCUT2D eigenvalue weighted by Crippen LogP contribution is 2.38. The van der Waals surface area contributed by atoms with Gasteiger partial charge in [-0.1, -0.05) is 0 Å². The molecule has 216 valence electrons. The van der Waals surface area contributed by atoms with Crippen molar-refractivity contribution >= 4 is 34.9 Å². The number of alkyl halides is 6. The standard InChI is InChI=1S/C19H23N3O2S.2C2HF3O2/c1-15-19(5-8-21(9-6-19)12-16-4-10-25-14-16)24-13-18(23)22(15)17-3-2-7-20-11-17;2*3-2(4,5)1(6)7/h2-4,7,10-11,14-15H,5-6,8-9,12-13H2,1H3;2*(H,6,7). The lowest BCUT2D eigenvalue weighted by atomic mass is 9.82. The molecule has 2 aromatic heterocycles. The average molecular weight is 586 g/mol. The molecule has 4 rings (SSSR count). The zero-order valence-corrected chi connectivity index (χ0v) is 21.2. The molecule has 1 spiro atoms. The number of morpholine rings is 1. The van der Waals surface area contributed by atoms with Crippen LogP contribution in [0, 0.1) is 0 Å². The second-order valence-corrected chi connectivity index (χ2v) is 9.30. The molecule has 2 aromatic rings. The van der Waals surface area contributed by atoms with E-state index in [1.165, 1.54) is 5.56 Å². The van der Waals surface area contributed by atoms with Gasteiger partial charge in [-0.25, -0.2) is 9.59 Å². The molecular weight excluding hydrogens is 560 g/mol. The summed E-state index contributed by atoms with van der Waals surface area (Å²) < 4.78 is 69.6. The van der Waals surface area contributed by atoms with E-state index in [9.17, 15) is 31.1 Å². The third-order valence-electron chi connectivity index (χ3n) is 6.00. The number of aromatic nitrogens is 1. The summed E-state index contributed by atoms with van der Waals surface area (Å²) in [6.45, 7) is 5.26. The van der Waals surface area contributed by atoms with Crippen molar-refractivity contribution in [3.05, 3.63) is 46.9 Å². The fourth-order valence-electron chi connectivity index (χ4n) is 4.00. The number of carboxylic acids is 2. The molecular formula is C23H25F6N3O6S. The molecule has 0 radical (unpaired) electrons. The maximum absolute atomic E-state index is 12.5. The number of anilines is 1. The summed E-state index contributed by atoms with van der Waals surface area (Å²) >= 11 is 1.75. The predicted octanol–water partition coefficient (Wildman–Crippen LogP) is 4.20. The van der Waals surface area contributed by atoms with Crippen LogP contribution in [0.3, 0.4) is 0 Å². The van der Waals surface area contributed by atoms with Crippen LogP contribution in [0.5, 0.6) is 0 Å². The molecule has 16 heteroatoms. The number of ether oxygens (including phenoxy) is 1. The summed E-state index contributed by atoms with van der Waals surface area (Å²) in [6.07, 6.45) is -4.78. The first-order valence-corrected chi connectivity index (χ1v) is 12.2. The number of halogens is 6. The SMILES string of the molecule is CC1N(c2cccnc2)C(=O)COC12CCN(Cc1ccsc1)CC2.O=C(O)C(F)(F)F.O=C(O)C(F)(F)F. The molecule has 0 bridgehead atoms. The fourth-order valence-corrected chi connectivity index (χ4v) is 4.66. The molecule has 0 aromatic carbocycles. The predicted molar refractivity (Wildman–Crippen MR) is 126 cm³/mol. The van der Waals surface area contributed by atoms with Gasteiger partial charge in [-0.3, -0.25) is 14.7 Å². The Morgan fingerprint density at radius 1 is 1.10 bits per heavy atom. The van der Waals surface area contributed by atoms with Gasteiger partial charge in [0.25, 0.3) is 5.91 Å².